The molecule has 4 nitrogen and oxygen atoms in total. The predicted octanol–water partition coefficient (Wildman–Crippen LogP) is 1.89. The smallest absolute Gasteiger partial charge is 0.306 e. The topological polar surface area (TPSA) is 69.6 Å². The van der Waals surface area contributed by atoms with Crippen molar-refractivity contribution in [3.63, 3.8) is 0 Å². The first-order chi connectivity index (χ1) is 8.11. The molecule has 0 saturated heterocycles. The van der Waals surface area contributed by atoms with Gasteiger partial charge in [-0.25, -0.2) is 0 Å². The van der Waals surface area contributed by atoms with Crippen molar-refractivity contribution in [1.29, 1.82) is 0 Å². The van der Waals surface area contributed by atoms with Gasteiger partial charge in [-0.05, 0) is 24.1 Å². The molecule has 0 saturated carbocycles. The van der Waals surface area contributed by atoms with Gasteiger partial charge in [-0.15, -0.1) is 0 Å². The summed E-state index contributed by atoms with van der Waals surface area (Å²) in [7, 11) is 0. The van der Waals surface area contributed by atoms with E-state index in [4.69, 9.17) is 5.11 Å². The lowest BCUT2D eigenvalue weighted by Gasteiger charge is -2.11. The van der Waals surface area contributed by atoms with Crippen LogP contribution in [0, 0.1) is 0 Å². The summed E-state index contributed by atoms with van der Waals surface area (Å²) in [6.07, 6.45) is 1.08. The second-order valence-corrected chi connectivity index (χ2v) is 4.08. The predicted molar refractivity (Wildman–Crippen MR) is 67.2 cm³/mol. The van der Waals surface area contributed by atoms with E-state index in [-0.39, 0.29) is 13.0 Å². The van der Waals surface area contributed by atoms with Gasteiger partial charge in [-0.3, -0.25) is 4.79 Å². The molecule has 94 valence electrons. The molecule has 0 spiro atoms. The zero-order valence-corrected chi connectivity index (χ0v) is 10.0. The average molecular weight is 237 g/mol. The van der Waals surface area contributed by atoms with Crippen LogP contribution in [0.2, 0.25) is 0 Å². The Morgan fingerprint density at radius 3 is 2.53 bits per heavy atom. The van der Waals surface area contributed by atoms with E-state index in [1.165, 1.54) is 5.56 Å². The molecule has 0 amide bonds. The highest BCUT2D eigenvalue weighted by Gasteiger charge is 2.08. The number of hydrogen-bond acceptors (Lipinski definition) is 3. The molecule has 1 aromatic carbocycles. The van der Waals surface area contributed by atoms with Crippen LogP contribution in [-0.2, 0) is 11.2 Å². The maximum Gasteiger partial charge on any atom is 0.306 e. The van der Waals surface area contributed by atoms with Crippen LogP contribution in [0.1, 0.15) is 25.3 Å². The Balaban J connectivity index is 2.38. The molecule has 0 aliphatic carbocycles. The van der Waals surface area contributed by atoms with Crippen LogP contribution in [0.25, 0.3) is 0 Å². The molecule has 0 radical (unpaired) electrons. The van der Waals surface area contributed by atoms with E-state index in [1.807, 2.05) is 24.3 Å². The molecule has 0 bridgehead atoms. The lowest BCUT2D eigenvalue weighted by atomic mass is 10.1. The Morgan fingerprint density at radius 1 is 1.35 bits per heavy atom. The number of carbonyl (C=O) groups is 1. The number of benzene rings is 1. The highest BCUT2D eigenvalue weighted by molar-refractivity contribution is 5.67. The van der Waals surface area contributed by atoms with Crippen molar-refractivity contribution >= 4 is 11.7 Å². The summed E-state index contributed by atoms with van der Waals surface area (Å²) >= 11 is 0. The van der Waals surface area contributed by atoms with Crippen molar-refractivity contribution in [3.8, 4) is 0 Å². The molecule has 3 N–H and O–H groups in total. The van der Waals surface area contributed by atoms with Crippen LogP contribution in [0.3, 0.4) is 0 Å². The summed E-state index contributed by atoms with van der Waals surface area (Å²) in [5.74, 6) is -0.988. The van der Waals surface area contributed by atoms with Gasteiger partial charge in [0.25, 0.3) is 0 Å². The minimum atomic E-state index is -0.988. The van der Waals surface area contributed by atoms with Crippen LogP contribution >= 0.6 is 0 Å². The van der Waals surface area contributed by atoms with Crippen molar-refractivity contribution in [2.45, 2.75) is 32.3 Å². The van der Waals surface area contributed by atoms with Gasteiger partial charge < -0.3 is 15.5 Å². The van der Waals surface area contributed by atoms with Gasteiger partial charge in [-0.2, -0.15) is 0 Å². The maximum atomic E-state index is 10.3. The fourth-order valence-electron chi connectivity index (χ4n) is 1.59. The third-order valence-electron chi connectivity index (χ3n) is 2.44. The quantitative estimate of drug-likeness (QED) is 0.677. The Kier molecular flexibility index (Phi) is 5.49. The number of hydrogen-bond donors (Lipinski definition) is 3. The van der Waals surface area contributed by atoms with E-state index in [0.29, 0.717) is 0 Å². The van der Waals surface area contributed by atoms with Crippen molar-refractivity contribution < 1.29 is 15.0 Å². The molecular formula is C13H19NO3. The van der Waals surface area contributed by atoms with E-state index >= 15 is 0 Å². The zero-order valence-electron chi connectivity index (χ0n) is 10.0. The Morgan fingerprint density at radius 2 is 2.00 bits per heavy atom. The van der Waals surface area contributed by atoms with Gasteiger partial charge in [-0.1, -0.05) is 25.5 Å². The van der Waals surface area contributed by atoms with E-state index in [0.717, 1.165) is 18.5 Å². The summed E-state index contributed by atoms with van der Waals surface area (Å²) in [5, 5.41) is 20.9. The number of aliphatic hydroxyl groups is 1. The number of rotatable bonds is 7. The summed E-state index contributed by atoms with van der Waals surface area (Å²) in [6.45, 7) is 2.38. The van der Waals surface area contributed by atoms with Gasteiger partial charge in [0.05, 0.1) is 12.5 Å². The Labute approximate surface area is 101 Å². The molecule has 0 aliphatic heterocycles. The molecule has 0 aliphatic rings. The average Bonchev–Trinajstić information content (AvgIpc) is 2.28. The largest absolute Gasteiger partial charge is 0.481 e. The van der Waals surface area contributed by atoms with Crippen LogP contribution < -0.4 is 5.32 Å². The van der Waals surface area contributed by atoms with Crippen molar-refractivity contribution in [1.82, 2.24) is 0 Å². The van der Waals surface area contributed by atoms with Crippen molar-refractivity contribution in [2.24, 2.45) is 0 Å². The third kappa shape index (κ3) is 5.36. The molecule has 1 rings (SSSR count). The number of nitrogens with one attached hydrogen (secondary N) is 1. The van der Waals surface area contributed by atoms with Gasteiger partial charge in [0.1, 0.15) is 0 Å². The summed E-state index contributed by atoms with van der Waals surface area (Å²) in [5.41, 5.74) is 2.18. The molecule has 4 heteroatoms. The second kappa shape index (κ2) is 6.91. The molecule has 1 atom stereocenters. The Bertz CT molecular complexity index is 348. The van der Waals surface area contributed by atoms with E-state index in [1.54, 1.807) is 0 Å². The van der Waals surface area contributed by atoms with Gasteiger partial charge in [0.2, 0.25) is 0 Å². The van der Waals surface area contributed by atoms with Crippen LogP contribution in [-0.4, -0.2) is 28.8 Å². The van der Waals surface area contributed by atoms with Gasteiger partial charge in [0, 0.05) is 12.2 Å². The molecular weight excluding hydrogens is 218 g/mol. The summed E-state index contributed by atoms with van der Waals surface area (Å²) in [6, 6.07) is 7.96. The third-order valence-corrected chi connectivity index (χ3v) is 2.44. The monoisotopic (exact) mass is 237 g/mol. The minimum Gasteiger partial charge on any atom is -0.481 e. The number of anilines is 1. The zero-order chi connectivity index (χ0) is 12.7. The fourth-order valence-corrected chi connectivity index (χ4v) is 1.59. The molecule has 1 aromatic rings. The standard InChI is InChI=1S/C13H19NO3/c1-2-3-10-4-6-11(7-5-10)14-9-12(15)8-13(16)17/h4-7,12,14-15H,2-3,8-9H2,1H3,(H,16,17). The second-order valence-electron chi connectivity index (χ2n) is 4.08. The lowest BCUT2D eigenvalue weighted by molar-refractivity contribution is -0.138. The molecule has 17 heavy (non-hydrogen) atoms. The van der Waals surface area contributed by atoms with E-state index in [9.17, 15) is 9.90 Å². The van der Waals surface area contributed by atoms with E-state index in [2.05, 4.69) is 12.2 Å². The fraction of sp³-hybridized carbons (Fsp3) is 0.462. The normalized spacial score (nSPS) is 12.1. The number of aryl methyl sites for hydroxylation is 1. The summed E-state index contributed by atoms with van der Waals surface area (Å²) in [4.78, 5) is 10.3. The number of aliphatic hydroxyl groups excluding tert-OH is 1. The Hall–Kier alpha value is -1.55. The first-order valence-electron chi connectivity index (χ1n) is 5.84. The summed E-state index contributed by atoms with van der Waals surface area (Å²) < 4.78 is 0. The van der Waals surface area contributed by atoms with Gasteiger partial charge >= 0.3 is 5.97 Å². The molecule has 0 aromatic heterocycles. The van der Waals surface area contributed by atoms with Crippen molar-refractivity contribution in [2.75, 3.05) is 11.9 Å². The van der Waals surface area contributed by atoms with Crippen LogP contribution in [0.4, 0.5) is 5.69 Å². The molecule has 0 heterocycles. The first-order valence-corrected chi connectivity index (χ1v) is 5.84. The number of carboxylic acids is 1. The number of aliphatic carboxylic acids is 1. The highest BCUT2D eigenvalue weighted by atomic mass is 16.4. The first kappa shape index (κ1) is 13.5. The highest BCUT2D eigenvalue weighted by Crippen LogP contribution is 2.11. The molecule has 0 fully saturated rings. The maximum absolute atomic E-state index is 10.3. The minimum absolute atomic E-state index is 0.235. The van der Waals surface area contributed by atoms with Gasteiger partial charge in [0.15, 0.2) is 0 Å². The lowest BCUT2D eigenvalue weighted by Crippen LogP contribution is -2.22. The van der Waals surface area contributed by atoms with Crippen molar-refractivity contribution in [3.05, 3.63) is 29.8 Å². The van der Waals surface area contributed by atoms with Crippen LogP contribution in [0.15, 0.2) is 24.3 Å². The number of carboxylic acid groups (broad SMARTS) is 1. The SMILES string of the molecule is CCCc1ccc(NCC(O)CC(=O)O)cc1. The van der Waals surface area contributed by atoms with Crippen LogP contribution in [0.5, 0.6) is 0 Å². The van der Waals surface area contributed by atoms with E-state index < -0.39 is 12.1 Å². The molecule has 1 unspecified atom stereocenters.